The fraction of sp³-hybridized carbons (Fsp3) is 0.357. The van der Waals surface area contributed by atoms with E-state index in [1.165, 1.54) is 5.56 Å². The van der Waals surface area contributed by atoms with Gasteiger partial charge in [0.25, 0.3) is 0 Å². The van der Waals surface area contributed by atoms with Crippen LogP contribution in [0.3, 0.4) is 0 Å². The number of aliphatic hydroxyl groups is 1. The van der Waals surface area contributed by atoms with E-state index in [9.17, 15) is 9.90 Å². The minimum Gasteiger partial charge on any atom is -0.389 e. The van der Waals surface area contributed by atoms with Crippen LogP contribution in [0, 0.1) is 0 Å². The predicted octanol–water partition coefficient (Wildman–Crippen LogP) is 2.52. The number of aliphatic hydroxyl groups excluding tert-OH is 1. The van der Waals surface area contributed by atoms with Gasteiger partial charge in [-0.3, -0.25) is 0 Å². The molecule has 1 aromatic carbocycles. The van der Waals surface area contributed by atoms with Crippen LogP contribution >= 0.6 is 0 Å². The lowest BCUT2D eigenvalue weighted by molar-refractivity contribution is -0.107. The first kappa shape index (κ1) is 12.7. The summed E-state index contributed by atoms with van der Waals surface area (Å²) in [7, 11) is 0. The molecule has 0 aliphatic carbocycles. The van der Waals surface area contributed by atoms with Gasteiger partial charge in [0.15, 0.2) is 0 Å². The van der Waals surface area contributed by atoms with Gasteiger partial charge in [-0.15, -0.1) is 0 Å². The Hall–Kier alpha value is -1.41. The standard InChI is InChI=1S/C14H18O2/c15-12-6-2-5-9-14(16)11-10-13-7-3-1-4-8-13/h1,3-5,7-9,12,14,16H,2,6,10-11H2/b9-5+. The van der Waals surface area contributed by atoms with Gasteiger partial charge in [-0.25, -0.2) is 0 Å². The average molecular weight is 218 g/mol. The van der Waals surface area contributed by atoms with Gasteiger partial charge in [-0.05, 0) is 24.8 Å². The van der Waals surface area contributed by atoms with E-state index in [0.29, 0.717) is 12.8 Å². The number of unbranched alkanes of at least 4 members (excludes halogenated alkanes) is 1. The molecule has 0 aromatic heterocycles. The molecule has 0 heterocycles. The molecule has 16 heavy (non-hydrogen) atoms. The quantitative estimate of drug-likeness (QED) is 0.434. The van der Waals surface area contributed by atoms with E-state index in [4.69, 9.17) is 0 Å². The molecule has 0 saturated carbocycles. The summed E-state index contributed by atoms with van der Waals surface area (Å²) in [6, 6.07) is 10.1. The zero-order chi connectivity index (χ0) is 11.6. The van der Waals surface area contributed by atoms with Crippen LogP contribution in [0.25, 0.3) is 0 Å². The molecule has 1 atom stereocenters. The highest BCUT2D eigenvalue weighted by Crippen LogP contribution is 2.06. The maximum Gasteiger partial charge on any atom is 0.120 e. The number of allylic oxidation sites excluding steroid dienone is 1. The van der Waals surface area contributed by atoms with Crippen LogP contribution in [-0.2, 0) is 11.2 Å². The largest absolute Gasteiger partial charge is 0.389 e. The summed E-state index contributed by atoms with van der Waals surface area (Å²) in [6.45, 7) is 0. The predicted molar refractivity (Wildman–Crippen MR) is 65.2 cm³/mol. The minimum absolute atomic E-state index is 0.410. The highest BCUT2D eigenvalue weighted by molar-refractivity contribution is 5.49. The number of carbonyl (C=O) groups is 1. The molecule has 0 amide bonds. The van der Waals surface area contributed by atoms with Crippen molar-refractivity contribution in [2.75, 3.05) is 0 Å². The lowest BCUT2D eigenvalue weighted by Crippen LogP contribution is -2.03. The first-order valence-electron chi connectivity index (χ1n) is 5.65. The molecule has 0 aliphatic heterocycles. The van der Waals surface area contributed by atoms with Crippen LogP contribution < -0.4 is 0 Å². The molecule has 1 rings (SSSR count). The second-order valence-electron chi connectivity index (χ2n) is 3.76. The molecule has 2 heteroatoms. The topological polar surface area (TPSA) is 37.3 Å². The molecule has 0 spiro atoms. The first-order valence-corrected chi connectivity index (χ1v) is 5.65. The summed E-state index contributed by atoms with van der Waals surface area (Å²) in [4.78, 5) is 10.1. The van der Waals surface area contributed by atoms with Crippen LogP contribution in [0.2, 0.25) is 0 Å². The van der Waals surface area contributed by atoms with Crippen molar-refractivity contribution in [3.8, 4) is 0 Å². The Morgan fingerprint density at radius 2 is 1.94 bits per heavy atom. The molecule has 0 aliphatic rings. The van der Waals surface area contributed by atoms with Gasteiger partial charge < -0.3 is 9.90 Å². The van der Waals surface area contributed by atoms with Crippen LogP contribution in [-0.4, -0.2) is 17.5 Å². The fourth-order valence-electron chi connectivity index (χ4n) is 1.47. The highest BCUT2D eigenvalue weighted by atomic mass is 16.3. The molecule has 0 bridgehead atoms. The van der Waals surface area contributed by atoms with Crippen molar-refractivity contribution in [1.29, 1.82) is 0 Å². The number of carbonyl (C=O) groups excluding carboxylic acids is 1. The highest BCUT2D eigenvalue weighted by Gasteiger charge is 1.99. The Kier molecular flexibility index (Phi) is 6.19. The van der Waals surface area contributed by atoms with E-state index < -0.39 is 6.10 Å². The third-order valence-electron chi connectivity index (χ3n) is 2.38. The third kappa shape index (κ3) is 5.47. The van der Waals surface area contributed by atoms with Gasteiger partial charge in [0.05, 0.1) is 6.10 Å². The smallest absolute Gasteiger partial charge is 0.120 e. The fourth-order valence-corrected chi connectivity index (χ4v) is 1.47. The van der Waals surface area contributed by atoms with E-state index >= 15 is 0 Å². The Bertz CT molecular complexity index is 317. The molecule has 1 N–H and O–H groups in total. The minimum atomic E-state index is -0.410. The number of aldehydes is 1. The number of benzene rings is 1. The lowest BCUT2D eigenvalue weighted by atomic mass is 10.1. The van der Waals surface area contributed by atoms with Crippen LogP contribution in [0.5, 0.6) is 0 Å². The van der Waals surface area contributed by atoms with E-state index in [-0.39, 0.29) is 0 Å². The summed E-state index contributed by atoms with van der Waals surface area (Å²) in [5.74, 6) is 0. The van der Waals surface area contributed by atoms with Crippen molar-refractivity contribution in [1.82, 2.24) is 0 Å². The van der Waals surface area contributed by atoms with Crippen molar-refractivity contribution in [2.24, 2.45) is 0 Å². The van der Waals surface area contributed by atoms with E-state index in [1.807, 2.05) is 24.3 Å². The maximum atomic E-state index is 10.1. The summed E-state index contributed by atoms with van der Waals surface area (Å²) >= 11 is 0. The second kappa shape index (κ2) is 7.83. The average Bonchev–Trinajstić information content (AvgIpc) is 2.33. The van der Waals surface area contributed by atoms with Gasteiger partial charge in [0, 0.05) is 6.42 Å². The summed E-state index contributed by atoms with van der Waals surface area (Å²) < 4.78 is 0. The van der Waals surface area contributed by atoms with E-state index in [2.05, 4.69) is 12.1 Å². The van der Waals surface area contributed by atoms with Crippen molar-refractivity contribution >= 4 is 6.29 Å². The first-order chi connectivity index (χ1) is 7.83. The van der Waals surface area contributed by atoms with Gasteiger partial charge in [-0.1, -0.05) is 42.5 Å². The summed E-state index contributed by atoms with van der Waals surface area (Å²) in [5, 5.41) is 9.63. The van der Waals surface area contributed by atoms with E-state index in [1.54, 1.807) is 6.08 Å². The maximum absolute atomic E-state index is 10.1. The molecule has 0 fully saturated rings. The molecule has 0 saturated heterocycles. The molecular formula is C14H18O2. The second-order valence-corrected chi connectivity index (χ2v) is 3.76. The number of hydrogen-bond donors (Lipinski definition) is 1. The Morgan fingerprint density at radius 3 is 2.62 bits per heavy atom. The number of aryl methyl sites for hydroxylation is 1. The van der Waals surface area contributed by atoms with Gasteiger partial charge in [0.2, 0.25) is 0 Å². The van der Waals surface area contributed by atoms with Gasteiger partial charge in [-0.2, -0.15) is 0 Å². The Morgan fingerprint density at radius 1 is 1.19 bits per heavy atom. The number of rotatable bonds is 7. The Balaban J connectivity index is 2.22. The summed E-state index contributed by atoms with van der Waals surface area (Å²) in [6.07, 6.45) is 6.96. The van der Waals surface area contributed by atoms with Crippen LogP contribution in [0.4, 0.5) is 0 Å². The van der Waals surface area contributed by atoms with E-state index in [0.717, 1.165) is 19.1 Å². The summed E-state index contributed by atoms with van der Waals surface area (Å²) in [5.41, 5.74) is 1.24. The SMILES string of the molecule is O=CCC/C=C/C(O)CCc1ccccc1. The third-order valence-corrected chi connectivity index (χ3v) is 2.38. The van der Waals surface area contributed by atoms with Crippen molar-refractivity contribution in [3.63, 3.8) is 0 Å². The molecule has 1 aromatic rings. The van der Waals surface area contributed by atoms with Crippen LogP contribution in [0.15, 0.2) is 42.5 Å². The van der Waals surface area contributed by atoms with Crippen LogP contribution in [0.1, 0.15) is 24.8 Å². The molecule has 0 radical (unpaired) electrons. The molecule has 1 unspecified atom stereocenters. The normalized spacial score (nSPS) is 12.8. The van der Waals surface area contributed by atoms with Crippen molar-refractivity contribution in [3.05, 3.63) is 48.0 Å². The number of hydrogen-bond acceptors (Lipinski definition) is 2. The monoisotopic (exact) mass is 218 g/mol. The zero-order valence-corrected chi connectivity index (χ0v) is 9.38. The molecule has 86 valence electrons. The van der Waals surface area contributed by atoms with Crippen molar-refractivity contribution in [2.45, 2.75) is 31.8 Å². The van der Waals surface area contributed by atoms with Crippen molar-refractivity contribution < 1.29 is 9.90 Å². The Labute approximate surface area is 96.6 Å². The lowest BCUT2D eigenvalue weighted by Gasteiger charge is -2.05. The van der Waals surface area contributed by atoms with Gasteiger partial charge >= 0.3 is 0 Å². The van der Waals surface area contributed by atoms with Gasteiger partial charge in [0.1, 0.15) is 6.29 Å². The molecular weight excluding hydrogens is 200 g/mol. The molecule has 2 nitrogen and oxygen atoms in total. The zero-order valence-electron chi connectivity index (χ0n) is 9.38.